The lowest BCUT2D eigenvalue weighted by molar-refractivity contribution is -0.274. The molecule has 0 bridgehead atoms. The summed E-state index contributed by atoms with van der Waals surface area (Å²) in [6, 6.07) is 4.40. The van der Waals surface area contributed by atoms with Crippen molar-refractivity contribution in [2.75, 3.05) is 20.1 Å². The largest absolute Gasteiger partial charge is 0.573 e. The number of halogens is 3. The predicted molar refractivity (Wildman–Crippen MR) is 81.4 cm³/mol. The van der Waals surface area contributed by atoms with Gasteiger partial charge in [-0.15, -0.1) is 13.2 Å². The molecule has 0 N–H and O–H groups in total. The molecule has 1 aliphatic heterocycles. The van der Waals surface area contributed by atoms with Crippen LogP contribution in [0, 0.1) is 0 Å². The number of hydrogen-bond acceptors (Lipinski definition) is 4. The first-order valence-electron chi connectivity index (χ1n) is 7.64. The summed E-state index contributed by atoms with van der Waals surface area (Å²) in [4.78, 5) is 6.04. The minimum Gasteiger partial charge on any atom is -0.487 e. The van der Waals surface area contributed by atoms with Crippen molar-refractivity contribution in [2.45, 2.75) is 25.3 Å². The number of para-hydroxylation sites is 1. The fourth-order valence-electron chi connectivity index (χ4n) is 2.85. The summed E-state index contributed by atoms with van der Waals surface area (Å²) in [5.41, 5.74) is 0.195. The van der Waals surface area contributed by atoms with E-state index in [4.69, 9.17) is 4.74 Å². The highest BCUT2D eigenvalue weighted by molar-refractivity contribution is 5.57. The van der Waals surface area contributed by atoms with Gasteiger partial charge in [0.1, 0.15) is 17.5 Å². The Bertz CT molecular complexity index is 674. The molecule has 3 rings (SSSR count). The average Bonchev–Trinajstić information content (AvgIpc) is 2.99. The van der Waals surface area contributed by atoms with Crippen LogP contribution in [-0.2, 0) is 0 Å². The fourth-order valence-corrected chi connectivity index (χ4v) is 2.85. The standard InChI is InChI=1S/C16H18F3N3O2/c1-21-8-3-4-12(10-21)23-13-5-2-6-14(24-16(17,18)19)15(13)22-9-7-20-11-22/h2,5-7,9,11-12H,3-4,8,10H2,1H3. The van der Waals surface area contributed by atoms with E-state index < -0.39 is 6.36 Å². The van der Waals surface area contributed by atoms with E-state index >= 15 is 0 Å². The van der Waals surface area contributed by atoms with E-state index in [0.29, 0.717) is 5.75 Å². The van der Waals surface area contributed by atoms with Crippen molar-refractivity contribution in [2.24, 2.45) is 0 Å². The quantitative estimate of drug-likeness (QED) is 0.856. The maximum Gasteiger partial charge on any atom is 0.573 e. The highest BCUT2D eigenvalue weighted by Crippen LogP contribution is 2.36. The molecule has 1 fully saturated rings. The summed E-state index contributed by atoms with van der Waals surface area (Å²) in [6.45, 7) is 1.72. The Morgan fingerprint density at radius 2 is 2.04 bits per heavy atom. The zero-order valence-corrected chi connectivity index (χ0v) is 13.2. The van der Waals surface area contributed by atoms with Crippen LogP contribution in [0.15, 0.2) is 36.9 Å². The number of likely N-dealkylation sites (N-methyl/N-ethyl adjacent to an activating group) is 1. The zero-order chi connectivity index (χ0) is 17.2. The zero-order valence-electron chi connectivity index (χ0n) is 13.2. The number of alkyl halides is 3. The Kier molecular flexibility index (Phi) is 4.66. The molecule has 5 nitrogen and oxygen atoms in total. The third-order valence-corrected chi connectivity index (χ3v) is 3.83. The summed E-state index contributed by atoms with van der Waals surface area (Å²) >= 11 is 0. The second kappa shape index (κ2) is 6.72. The van der Waals surface area contributed by atoms with Crippen molar-refractivity contribution in [3.05, 3.63) is 36.9 Å². The Balaban J connectivity index is 1.94. The van der Waals surface area contributed by atoms with Crippen LogP contribution in [-0.4, -0.2) is 47.1 Å². The number of aromatic nitrogens is 2. The van der Waals surface area contributed by atoms with Crippen LogP contribution in [0.25, 0.3) is 5.69 Å². The number of rotatable bonds is 4. The summed E-state index contributed by atoms with van der Waals surface area (Å²) in [6.07, 6.45) is 1.45. The first-order valence-corrected chi connectivity index (χ1v) is 7.64. The summed E-state index contributed by atoms with van der Waals surface area (Å²) in [7, 11) is 2.00. The van der Waals surface area contributed by atoms with Crippen LogP contribution in [0.3, 0.4) is 0 Å². The molecular formula is C16H18F3N3O2. The van der Waals surface area contributed by atoms with Crippen molar-refractivity contribution in [3.8, 4) is 17.2 Å². The third-order valence-electron chi connectivity index (χ3n) is 3.83. The maximum atomic E-state index is 12.7. The van der Waals surface area contributed by atoms with Crippen molar-refractivity contribution >= 4 is 0 Å². The molecule has 0 radical (unpaired) electrons. The van der Waals surface area contributed by atoms with Gasteiger partial charge in [0, 0.05) is 18.9 Å². The first kappa shape index (κ1) is 16.6. The molecule has 1 atom stereocenters. The molecule has 0 aliphatic carbocycles. The number of imidazole rings is 1. The summed E-state index contributed by atoms with van der Waals surface area (Å²) < 4.78 is 49.8. The van der Waals surface area contributed by atoms with Gasteiger partial charge in [-0.2, -0.15) is 0 Å². The van der Waals surface area contributed by atoms with Crippen LogP contribution < -0.4 is 9.47 Å². The Morgan fingerprint density at radius 1 is 1.25 bits per heavy atom. The SMILES string of the molecule is CN1CCCC(Oc2cccc(OC(F)(F)F)c2-n2ccnc2)C1. The van der Waals surface area contributed by atoms with Gasteiger partial charge in [-0.1, -0.05) is 6.07 Å². The molecule has 2 heterocycles. The smallest absolute Gasteiger partial charge is 0.487 e. The molecule has 0 amide bonds. The number of benzene rings is 1. The van der Waals surface area contributed by atoms with Gasteiger partial charge >= 0.3 is 6.36 Å². The highest BCUT2D eigenvalue weighted by atomic mass is 19.4. The fraction of sp³-hybridized carbons (Fsp3) is 0.438. The van der Waals surface area contributed by atoms with Crippen molar-refractivity contribution in [1.82, 2.24) is 14.5 Å². The van der Waals surface area contributed by atoms with E-state index in [-0.39, 0.29) is 17.5 Å². The third kappa shape index (κ3) is 4.00. The van der Waals surface area contributed by atoms with Gasteiger partial charge < -0.3 is 14.4 Å². The Hall–Kier alpha value is -2.22. The van der Waals surface area contributed by atoms with Crippen LogP contribution in [0.2, 0.25) is 0 Å². The lowest BCUT2D eigenvalue weighted by atomic mass is 10.1. The lowest BCUT2D eigenvalue weighted by Gasteiger charge is -2.30. The van der Waals surface area contributed by atoms with Crippen molar-refractivity contribution in [3.63, 3.8) is 0 Å². The van der Waals surface area contributed by atoms with E-state index in [2.05, 4.69) is 14.6 Å². The van der Waals surface area contributed by atoms with Crippen molar-refractivity contribution in [1.29, 1.82) is 0 Å². The normalized spacial score (nSPS) is 19.2. The Labute approximate surface area is 137 Å². The lowest BCUT2D eigenvalue weighted by Crippen LogP contribution is -2.38. The summed E-state index contributed by atoms with van der Waals surface area (Å²) in [5.74, 6) is 0.0252. The molecule has 130 valence electrons. The topological polar surface area (TPSA) is 39.5 Å². The van der Waals surface area contributed by atoms with Crippen LogP contribution in [0.1, 0.15) is 12.8 Å². The molecule has 0 saturated carbocycles. The van der Waals surface area contributed by atoms with Gasteiger partial charge in [-0.05, 0) is 38.6 Å². The maximum absolute atomic E-state index is 12.7. The van der Waals surface area contributed by atoms with E-state index in [1.54, 1.807) is 12.3 Å². The van der Waals surface area contributed by atoms with Gasteiger partial charge in [0.2, 0.25) is 0 Å². The number of likely N-dealkylation sites (tertiary alicyclic amines) is 1. The van der Waals surface area contributed by atoms with Gasteiger partial charge in [0.15, 0.2) is 5.75 Å². The number of piperidine rings is 1. The van der Waals surface area contributed by atoms with E-state index in [1.807, 2.05) is 7.05 Å². The van der Waals surface area contributed by atoms with E-state index in [0.717, 1.165) is 25.9 Å². The highest BCUT2D eigenvalue weighted by Gasteiger charge is 2.33. The molecule has 1 aromatic heterocycles. The first-order chi connectivity index (χ1) is 11.4. The number of hydrogen-bond donors (Lipinski definition) is 0. The molecule has 24 heavy (non-hydrogen) atoms. The second-order valence-corrected chi connectivity index (χ2v) is 5.76. The second-order valence-electron chi connectivity index (χ2n) is 5.76. The van der Waals surface area contributed by atoms with Gasteiger partial charge in [-0.25, -0.2) is 4.98 Å². The van der Waals surface area contributed by atoms with E-state index in [1.165, 1.54) is 29.2 Å². The molecule has 0 spiro atoms. The molecule has 1 saturated heterocycles. The summed E-state index contributed by atoms with van der Waals surface area (Å²) in [5, 5.41) is 0. The van der Waals surface area contributed by atoms with Gasteiger partial charge in [0.25, 0.3) is 0 Å². The average molecular weight is 341 g/mol. The predicted octanol–water partition coefficient (Wildman–Crippen LogP) is 3.24. The Morgan fingerprint density at radius 3 is 2.71 bits per heavy atom. The van der Waals surface area contributed by atoms with Gasteiger partial charge in [-0.3, -0.25) is 4.57 Å². The van der Waals surface area contributed by atoms with Gasteiger partial charge in [0.05, 0.1) is 6.33 Å². The monoisotopic (exact) mass is 341 g/mol. The van der Waals surface area contributed by atoms with Crippen LogP contribution in [0.5, 0.6) is 11.5 Å². The molecular weight excluding hydrogens is 323 g/mol. The number of nitrogens with zero attached hydrogens (tertiary/aromatic N) is 3. The van der Waals surface area contributed by atoms with Crippen LogP contribution >= 0.6 is 0 Å². The minimum absolute atomic E-state index is 0.0767. The minimum atomic E-state index is -4.78. The molecule has 1 aliphatic rings. The van der Waals surface area contributed by atoms with Crippen LogP contribution in [0.4, 0.5) is 13.2 Å². The number of ether oxygens (including phenoxy) is 2. The van der Waals surface area contributed by atoms with E-state index in [9.17, 15) is 13.2 Å². The molecule has 2 aromatic rings. The molecule has 1 unspecified atom stereocenters. The molecule has 1 aromatic carbocycles. The molecule has 8 heteroatoms. The van der Waals surface area contributed by atoms with Crippen molar-refractivity contribution < 1.29 is 22.6 Å².